The van der Waals surface area contributed by atoms with Crippen LogP contribution in [-0.4, -0.2) is 23.3 Å². The van der Waals surface area contributed by atoms with Gasteiger partial charge in [-0.1, -0.05) is 23.4 Å². The molecular weight excluding hydrogens is 389 g/mol. The molecule has 1 aromatic carbocycles. The van der Waals surface area contributed by atoms with Gasteiger partial charge in [-0.2, -0.15) is 13.2 Å². The predicted molar refractivity (Wildman–Crippen MR) is 95.9 cm³/mol. The van der Waals surface area contributed by atoms with Crippen LogP contribution in [0.15, 0.2) is 35.5 Å². The minimum absolute atomic E-state index is 0.319. The average Bonchev–Trinajstić information content (AvgIpc) is 2.57. The number of nitrogens with zero attached hydrogens (tertiary/aromatic N) is 1. The molecule has 1 N–H and O–H groups in total. The molecule has 0 saturated carbocycles. The van der Waals surface area contributed by atoms with Gasteiger partial charge in [-0.3, -0.25) is 4.79 Å². The van der Waals surface area contributed by atoms with Crippen molar-refractivity contribution in [3.63, 3.8) is 0 Å². The Morgan fingerprint density at radius 1 is 1.35 bits per heavy atom. The lowest BCUT2D eigenvalue weighted by Crippen LogP contribution is -2.23. The molecule has 1 atom stereocenters. The number of methoxy groups -OCH3 is 1. The zero-order valence-electron chi connectivity index (χ0n) is 14.1. The van der Waals surface area contributed by atoms with Crippen molar-refractivity contribution in [2.75, 3.05) is 12.4 Å². The Morgan fingerprint density at radius 3 is 2.58 bits per heavy atom. The minimum Gasteiger partial charge on any atom is -0.495 e. The van der Waals surface area contributed by atoms with Crippen molar-refractivity contribution in [2.45, 2.75) is 30.3 Å². The van der Waals surface area contributed by atoms with E-state index in [1.165, 1.54) is 13.2 Å². The molecule has 0 fully saturated rings. The number of thioether (sulfide) groups is 1. The Bertz CT molecular complexity index is 798. The molecule has 0 aliphatic rings. The first-order valence-corrected chi connectivity index (χ1v) is 8.72. The van der Waals surface area contributed by atoms with E-state index >= 15 is 0 Å². The fourth-order valence-corrected chi connectivity index (χ4v) is 2.96. The molecule has 0 spiro atoms. The number of aryl methyl sites for hydroxylation is 1. The quantitative estimate of drug-likeness (QED) is 0.697. The standard InChI is InChI=1S/C17H16ClF3N2O2S/c1-9-6-13(14(25-3)7-12(9)18)23-16(24)10(2)26-15-5-4-11(8-22-15)17(19,20)21/h4-8,10H,1-3H3,(H,23,24). The van der Waals surface area contributed by atoms with Gasteiger partial charge in [0, 0.05) is 17.3 Å². The van der Waals surface area contributed by atoms with Crippen molar-refractivity contribution in [3.8, 4) is 5.75 Å². The summed E-state index contributed by atoms with van der Waals surface area (Å²) >= 11 is 7.08. The van der Waals surface area contributed by atoms with E-state index in [1.54, 1.807) is 26.0 Å². The predicted octanol–water partition coefficient (Wildman–Crippen LogP) is 5.19. The highest BCUT2D eigenvalue weighted by atomic mass is 35.5. The second-order valence-electron chi connectivity index (χ2n) is 5.43. The van der Waals surface area contributed by atoms with E-state index in [2.05, 4.69) is 10.3 Å². The lowest BCUT2D eigenvalue weighted by Gasteiger charge is -2.15. The van der Waals surface area contributed by atoms with E-state index in [0.717, 1.165) is 29.6 Å². The van der Waals surface area contributed by atoms with E-state index < -0.39 is 17.0 Å². The minimum atomic E-state index is -4.44. The number of amides is 1. The van der Waals surface area contributed by atoms with E-state index in [1.807, 2.05) is 0 Å². The zero-order chi connectivity index (χ0) is 19.5. The third-order valence-electron chi connectivity index (χ3n) is 3.47. The Balaban J connectivity index is 2.07. The second kappa shape index (κ2) is 8.18. The first-order valence-electron chi connectivity index (χ1n) is 7.46. The lowest BCUT2D eigenvalue weighted by atomic mass is 10.2. The summed E-state index contributed by atoms with van der Waals surface area (Å²) in [6.45, 7) is 3.43. The molecule has 0 bridgehead atoms. The maximum atomic E-state index is 12.6. The van der Waals surface area contributed by atoms with E-state index in [4.69, 9.17) is 16.3 Å². The molecule has 2 rings (SSSR count). The van der Waals surface area contributed by atoms with Crippen LogP contribution in [0.1, 0.15) is 18.1 Å². The smallest absolute Gasteiger partial charge is 0.417 e. The van der Waals surface area contributed by atoms with E-state index in [9.17, 15) is 18.0 Å². The van der Waals surface area contributed by atoms with Gasteiger partial charge in [0.1, 0.15) is 5.75 Å². The highest BCUT2D eigenvalue weighted by molar-refractivity contribution is 8.00. The van der Waals surface area contributed by atoms with Gasteiger partial charge in [0.25, 0.3) is 0 Å². The number of pyridine rings is 1. The summed E-state index contributed by atoms with van der Waals surface area (Å²) in [5.74, 6) is 0.0792. The number of alkyl halides is 3. The number of halogens is 4. The van der Waals surface area contributed by atoms with Gasteiger partial charge in [0.15, 0.2) is 0 Å². The van der Waals surface area contributed by atoms with E-state index in [-0.39, 0.29) is 5.91 Å². The van der Waals surface area contributed by atoms with Crippen molar-refractivity contribution in [2.24, 2.45) is 0 Å². The van der Waals surface area contributed by atoms with Crippen molar-refractivity contribution < 1.29 is 22.7 Å². The van der Waals surface area contributed by atoms with Gasteiger partial charge < -0.3 is 10.1 Å². The Kier molecular flexibility index (Phi) is 6.41. The molecular formula is C17H16ClF3N2O2S. The molecule has 140 valence electrons. The third-order valence-corrected chi connectivity index (χ3v) is 4.93. The molecule has 26 heavy (non-hydrogen) atoms. The van der Waals surface area contributed by atoms with Crippen LogP contribution >= 0.6 is 23.4 Å². The van der Waals surface area contributed by atoms with Gasteiger partial charge in [-0.25, -0.2) is 4.98 Å². The van der Waals surface area contributed by atoms with Crippen molar-refractivity contribution in [3.05, 3.63) is 46.6 Å². The lowest BCUT2D eigenvalue weighted by molar-refractivity contribution is -0.137. The first kappa shape index (κ1) is 20.4. The van der Waals surface area contributed by atoms with Crippen molar-refractivity contribution >= 4 is 35.0 Å². The summed E-state index contributed by atoms with van der Waals surface area (Å²) in [5, 5.41) is 2.98. The number of anilines is 1. The summed E-state index contributed by atoms with van der Waals surface area (Å²) < 4.78 is 42.9. The van der Waals surface area contributed by atoms with Crippen LogP contribution in [-0.2, 0) is 11.0 Å². The van der Waals surface area contributed by atoms with Crippen molar-refractivity contribution in [1.82, 2.24) is 4.98 Å². The monoisotopic (exact) mass is 404 g/mol. The molecule has 4 nitrogen and oxygen atoms in total. The van der Waals surface area contributed by atoms with Gasteiger partial charge in [0.2, 0.25) is 5.91 Å². The van der Waals surface area contributed by atoms with Gasteiger partial charge in [-0.15, -0.1) is 0 Å². The molecule has 1 heterocycles. The maximum absolute atomic E-state index is 12.6. The Morgan fingerprint density at radius 2 is 2.04 bits per heavy atom. The SMILES string of the molecule is COc1cc(Cl)c(C)cc1NC(=O)C(C)Sc1ccc(C(F)(F)F)cn1. The number of aromatic nitrogens is 1. The fraction of sp³-hybridized carbons (Fsp3) is 0.294. The number of ether oxygens (including phenoxy) is 1. The molecule has 0 saturated heterocycles. The molecule has 0 radical (unpaired) electrons. The first-order chi connectivity index (χ1) is 12.1. The number of benzene rings is 1. The topological polar surface area (TPSA) is 51.2 Å². The number of nitrogens with one attached hydrogen (secondary N) is 1. The summed E-state index contributed by atoms with van der Waals surface area (Å²) in [7, 11) is 1.46. The normalized spacial score (nSPS) is 12.6. The van der Waals surface area contributed by atoms with Gasteiger partial charge in [-0.05, 0) is 37.6 Å². The zero-order valence-corrected chi connectivity index (χ0v) is 15.7. The number of carbonyl (C=O) groups excluding carboxylic acids is 1. The highest BCUT2D eigenvalue weighted by Crippen LogP contribution is 2.33. The Labute approximate surface area is 158 Å². The molecule has 9 heteroatoms. The summed E-state index contributed by atoms with van der Waals surface area (Å²) in [6.07, 6.45) is -3.69. The van der Waals surface area contributed by atoms with Crippen LogP contribution < -0.4 is 10.1 Å². The summed E-state index contributed by atoms with van der Waals surface area (Å²) in [4.78, 5) is 16.1. The molecule has 0 aliphatic heterocycles. The third kappa shape index (κ3) is 5.04. The molecule has 1 amide bonds. The molecule has 1 aromatic heterocycles. The fourth-order valence-electron chi connectivity index (χ4n) is 2.02. The molecule has 0 aliphatic carbocycles. The van der Waals surface area contributed by atoms with Crippen LogP contribution in [0.25, 0.3) is 0 Å². The number of hydrogen-bond donors (Lipinski definition) is 1. The Hall–Kier alpha value is -1.93. The average molecular weight is 405 g/mol. The van der Waals surface area contributed by atoms with Gasteiger partial charge in [0.05, 0.1) is 28.6 Å². The number of hydrogen-bond acceptors (Lipinski definition) is 4. The van der Waals surface area contributed by atoms with Crippen LogP contribution in [0.2, 0.25) is 5.02 Å². The largest absolute Gasteiger partial charge is 0.495 e. The van der Waals surface area contributed by atoms with E-state index in [0.29, 0.717) is 21.5 Å². The number of rotatable bonds is 5. The molecule has 2 aromatic rings. The number of carbonyl (C=O) groups is 1. The maximum Gasteiger partial charge on any atom is 0.417 e. The van der Waals surface area contributed by atoms with Gasteiger partial charge >= 0.3 is 6.18 Å². The van der Waals surface area contributed by atoms with Crippen LogP contribution in [0.5, 0.6) is 5.75 Å². The summed E-state index contributed by atoms with van der Waals surface area (Å²) in [6, 6.07) is 5.46. The van der Waals surface area contributed by atoms with Crippen LogP contribution in [0.4, 0.5) is 18.9 Å². The summed E-state index contributed by atoms with van der Waals surface area (Å²) in [5.41, 5.74) is 0.403. The van der Waals surface area contributed by atoms with Crippen LogP contribution in [0, 0.1) is 6.92 Å². The highest BCUT2D eigenvalue weighted by Gasteiger charge is 2.30. The van der Waals surface area contributed by atoms with Crippen LogP contribution in [0.3, 0.4) is 0 Å². The second-order valence-corrected chi connectivity index (χ2v) is 7.20. The molecule has 1 unspecified atom stereocenters. The van der Waals surface area contributed by atoms with Crippen molar-refractivity contribution in [1.29, 1.82) is 0 Å².